The topological polar surface area (TPSA) is 109 Å². The summed E-state index contributed by atoms with van der Waals surface area (Å²) in [6.07, 6.45) is 2.49. The van der Waals surface area contributed by atoms with Crippen molar-refractivity contribution in [1.82, 2.24) is 0 Å². The molecule has 0 amide bonds. The van der Waals surface area contributed by atoms with Crippen molar-refractivity contribution >= 4 is 32.4 Å². The zero-order chi connectivity index (χ0) is 18.2. The predicted molar refractivity (Wildman–Crippen MR) is 94.0 cm³/mol. The van der Waals surface area contributed by atoms with E-state index in [0.717, 1.165) is 0 Å². The molecule has 24 heavy (non-hydrogen) atoms. The van der Waals surface area contributed by atoms with E-state index in [1.54, 1.807) is 6.07 Å². The second-order valence-electron chi connectivity index (χ2n) is 4.44. The van der Waals surface area contributed by atoms with Crippen LogP contribution >= 0.6 is 0 Å². The Morgan fingerprint density at radius 2 is 1.12 bits per heavy atom. The molecule has 2 N–H and O–H groups in total. The molecule has 0 aliphatic heterocycles. The summed E-state index contributed by atoms with van der Waals surface area (Å²) in [5, 5.41) is 0. The normalized spacial score (nSPS) is 10.9. The number of benzene rings is 2. The number of rotatable bonds is 4. The van der Waals surface area contributed by atoms with Gasteiger partial charge in [-0.1, -0.05) is 73.3 Å². The Labute approximate surface area is 141 Å². The number of hydrogen-bond donors (Lipinski definition) is 2. The third-order valence-electron chi connectivity index (χ3n) is 2.63. The van der Waals surface area contributed by atoms with Gasteiger partial charge in [0, 0.05) is 0 Å². The molecule has 0 bridgehead atoms. The van der Waals surface area contributed by atoms with E-state index in [-0.39, 0.29) is 5.56 Å². The van der Waals surface area contributed by atoms with Crippen molar-refractivity contribution in [2.75, 3.05) is 0 Å². The SMILES string of the molecule is C=Cc1ccccc1.O=S(=O)(O)C(=Cc1ccccc1)S(=O)(=O)O. The molecule has 0 atom stereocenters. The minimum Gasteiger partial charge on any atom is -0.281 e. The third-order valence-corrected chi connectivity index (χ3v) is 5.14. The Morgan fingerprint density at radius 3 is 1.42 bits per heavy atom. The molecule has 0 saturated heterocycles. The lowest BCUT2D eigenvalue weighted by Crippen LogP contribution is -2.12. The molecule has 0 unspecified atom stereocenters. The van der Waals surface area contributed by atoms with Gasteiger partial charge in [-0.05, 0) is 17.2 Å². The van der Waals surface area contributed by atoms with Crippen molar-refractivity contribution in [2.24, 2.45) is 0 Å². The maximum atomic E-state index is 10.7. The van der Waals surface area contributed by atoms with Gasteiger partial charge < -0.3 is 0 Å². The first-order valence-corrected chi connectivity index (χ1v) is 9.42. The first-order chi connectivity index (χ1) is 11.1. The van der Waals surface area contributed by atoms with Gasteiger partial charge in [-0.25, -0.2) is 0 Å². The summed E-state index contributed by atoms with van der Waals surface area (Å²) in [7, 11) is -10.00. The second kappa shape index (κ2) is 8.55. The van der Waals surface area contributed by atoms with Gasteiger partial charge in [-0.2, -0.15) is 16.8 Å². The zero-order valence-corrected chi connectivity index (χ0v) is 14.1. The second-order valence-corrected chi connectivity index (χ2v) is 7.48. The lowest BCUT2D eigenvalue weighted by molar-refractivity contribution is 0.481. The van der Waals surface area contributed by atoms with Crippen LogP contribution in [0.4, 0.5) is 0 Å². The van der Waals surface area contributed by atoms with Crippen molar-refractivity contribution in [3.8, 4) is 0 Å². The highest BCUT2D eigenvalue weighted by Gasteiger charge is 2.26. The lowest BCUT2D eigenvalue weighted by atomic mass is 10.2. The predicted octanol–water partition coefficient (Wildman–Crippen LogP) is 3.09. The van der Waals surface area contributed by atoms with Crippen LogP contribution in [0.2, 0.25) is 0 Å². The van der Waals surface area contributed by atoms with Crippen LogP contribution in [0.3, 0.4) is 0 Å². The molecule has 0 radical (unpaired) electrons. The van der Waals surface area contributed by atoms with Crippen molar-refractivity contribution in [3.05, 3.63) is 82.6 Å². The fraction of sp³-hybridized carbons (Fsp3) is 0. The van der Waals surface area contributed by atoms with Crippen molar-refractivity contribution < 1.29 is 25.9 Å². The molecule has 0 aromatic heterocycles. The van der Waals surface area contributed by atoms with Gasteiger partial charge in [0.2, 0.25) is 4.24 Å². The van der Waals surface area contributed by atoms with Crippen molar-refractivity contribution in [3.63, 3.8) is 0 Å². The molecule has 6 nitrogen and oxygen atoms in total. The zero-order valence-electron chi connectivity index (χ0n) is 12.5. The third kappa shape index (κ3) is 6.88. The Kier molecular flexibility index (Phi) is 7.05. The Morgan fingerprint density at radius 1 is 0.750 bits per heavy atom. The molecule has 128 valence electrons. The molecule has 0 spiro atoms. The molecule has 0 saturated carbocycles. The minimum atomic E-state index is -5.00. The highest BCUT2D eigenvalue weighted by molar-refractivity contribution is 8.09. The molecule has 0 aliphatic carbocycles. The monoisotopic (exact) mass is 368 g/mol. The van der Waals surface area contributed by atoms with Crippen molar-refractivity contribution in [1.29, 1.82) is 0 Å². The largest absolute Gasteiger partial charge is 0.308 e. The molecule has 2 aromatic carbocycles. The molecular formula is C16H16O6S2. The molecule has 0 heterocycles. The van der Waals surface area contributed by atoms with E-state index in [9.17, 15) is 16.8 Å². The molecule has 0 fully saturated rings. The lowest BCUT2D eigenvalue weighted by Gasteiger charge is -2.00. The van der Waals surface area contributed by atoms with E-state index in [4.69, 9.17) is 9.11 Å². The van der Waals surface area contributed by atoms with Crippen LogP contribution in [0.15, 0.2) is 71.5 Å². The van der Waals surface area contributed by atoms with E-state index in [2.05, 4.69) is 6.58 Å². The summed E-state index contributed by atoms with van der Waals surface area (Å²) in [6, 6.07) is 17.6. The summed E-state index contributed by atoms with van der Waals surface area (Å²) < 4.78 is 58.7. The van der Waals surface area contributed by atoms with Crippen LogP contribution in [-0.2, 0) is 20.2 Å². The Bertz CT molecular complexity index is 866. The summed E-state index contributed by atoms with van der Waals surface area (Å²) in [4.78, 5) is 0. The van der Waals surface area contributed by atoms with Gasteiger partial charge in [-0.3, -0.25) is 9.11 Å². The van der Waals surface area contributed by atoms with E-state index in [0.29, 0.717) is 6.08 Å². The van der Waals surface area contributed by atoms with Gasteiger partial charge >= 0.3 is 20.2 Å². The van der Waals surface area contributed by atoms with Crippen LogP contribution in [0, 0.1) is 0 Å². The van der Waals surface area contributed by atoms with Gasteiger partial charge in [0.05, 0.1) is 0 Å². The maximum Gasteiger partial charge on any atom is 0.308 e. The molecule has 0 aliphatic rings. The molecule has 2 rings (SSSR count). The van der Waals surface area contributed by atoms with E-state index in [1.165, 1.54) is 29.8 Å². The average Bonchev–Trinajstić information content (AvgIpc) is 2.53. The summed E-state index contributed by atoms with van der Waals surface area (Å²) >= 11 is 0. The van der Waals surface area contributed by atoms with Crippen LogP contribution in [0.5, 0.6) is 0 Å². The smallest absolute Gasteiger partial charge is 0.281 e. The molecule has 2 aromatic rings. The minimum absolute atomic E-state index is 0.216. The molecular weight excluding hydrogens is 352 g/mol. The first-order valence-electron chi connectivity index (χ1n) is 6.54. The van der Waals surface area contributed by atoms with E-state index >= 15 is 0 Å². The van der Waals surface area contributed by atoms with E-state index < -0.39 is 24.5 Å². The molecule has 8 heteroatoms. The fourth-order valence-electron chi connectivity index (χ4n) is 1.56. The average molecular weight is 368 g/mol. The van der Waals surface area contributed by atoms with Gasteiger partial charge in [0.25, 0.3) is 0 Å². The highest BCUT2D eigenvalue weighted by atomic mass is 32.3. The van der Waals surface area contributed by atoms with Gasteiger partial charge in [-0.15, -0.1) is 0 Å². The Hall–Kier alpha value is -2.26. The van der Waals surface area contributed by atoms with E-state index in [1.807, 2.05) is 36.4 Å². The fourth-order valence-corrected chi connectivity index (χ4v) is 3.19. The van der Waals surface area contributed by atoms with Crippen LogP contribution in [-0.4, -0.2) is 25.9 Å². The van der Waals surface area contributed by atoms with Crippen molar-refractivity contribution in [2.45, 2.75) is 0 Å². The summed E-state index contributed by atoms with van der Waals surface area (Å²) in [5.74, 6) is 0. The standard InChI is InChI=1S/C8H8O6S2.C8H8/c9-15(10,11)8(16(12,13)14)6-7-4-2-1-3-5-7;1-2-8-6-4-3-5-7-8/h1-6H,(H,9,10,11)(H,12,13,14);2-7H,1H2. The maximum absolute atomic E-state index is 10.7. The first kappa shape index (κ1) is 19.8. The summed E-state index contributed by atoms with van der Waals surface area (Å²) in [6.45, 7) is 3.63. The van der Waals surface area contributed by atoms with Gasteiger partial charge in [0.1, 0.15) is 0 Å². The Balaban J connectivity index is 0.000000300. The van der Waals surface area contributed by atoms with Crippen LogP contribution in [0.1, 0.15) is 11.1 Å². The van der Waals surface area contributed by atoms with Crippen LogP contribution < -0.4 is 0 Å². The summed E-state index contributed by atoms with van der Waals surface area (Å²) in [5.41, 5.74) is 1.39. The van der Waals surface area contributed by atoms with Gasteiger partial charge in [0.15, 0.2) is 0 Å². The van der Waals surface area contributed by atoms with Crippen LogP contribution in [0.25, 0.3) is 12.2 Å². The number of hydrogen-bond acceptors (Lipinski definition) is 4. The quantitative estimate of drug-likeness (QED) is 0.803. The highest BCUT2D eigenvalue weighted by Crippen LogP contribution is 2.16.